The molecule has 0 unspecified atom stereocenters. The summed E-state index contributed by atoms with van der Waals surface area (Å²) in [7, 11) is -4.15. The van der Waals surface area contributed by atoms with Gasteiger partial charge in [-0.05, 0) is 48.0 Å². The molecule has 134 valence electrons. The minimum absolute atomic E-state index is 0.235. The van der Waals surface area contributed by atoms with E-state index in [-0.39, 0.29) is 5.69 Å². The topological polar surface area (TPSA) is 133 Å². The highest BCUT2D eigenvalue weighted by molar-refractivity contribution is 7.92. The van der Waals surface area contributed by atoms with Gasteiger partial charge in [0.15, 0.2) is 10.7 Å². The number of para-hydroxylation sites is 1. The fourth-order valence-corrected chi connectivity index (χ4v) is 3.62. The normalized spacial score (nSPS) is 11.3. The first-order valence-electron chi connectivity index (χ1n) is 7.42. The van der Waals surface area contributed by atoms with Crippen LogP contribution >= 0.6 is 0 Å². The van der Waals surface area contributed by atoms with Gasteiger partial charge in [0, 0.05) is 6.07 Å². The number of aryl methyl sites for hydroxylation is 2. The molecule has 0 fully saturated rings. The summed E-state index contributed by atoms with van der Waals surface area (Å²) < 4.78 is 29.1. The molecule has 0 aliphatic rings. The van der Waals surface area contributed by atoms with Crippen molar-refractivity contribution in [2.75, 3.05) is 4.72 Å². The minimum Gasteiger partial charge on any atom is -0.279 e. The van der Waals surface area contributed by atoms with Gasteiger partial charge in [0.25, 0.3) is 15.7 Å². The van der Waals surface area contributed by atoms with E-state index in [1.165, 1.54) is 22.9 Å². The van der Waals surface area contributed by atoms with Gasteiger partial charge in [-0.1, -0.05) is 18.2 Å². The predicted octanol–water partition coefficient (Wildman–Crippen LogP) is 1.99. The summed E-state index contributed by atoms with van der Waals surface area (Å²) in [6.07, 6.45) is 0. The highest BCUT2D eigenvalue weighted by atomic mass is 32.2. The number of nitrogens with one attached hydrogen (secondary N) is 1. The van der Waals surface area contributed by atoms with Gasteiger partial charge in [-0.2, -0.15) is 4.68 Å². The summed E-state index contributed by atoms with van der Waals surface area (Å²) in [6, 6.07) is 9.97. The number of nitrogens with zero attached hydrogens (tertiary/aromatic N) is 5. The number of nitro benzene ring substituents is 1. The molecule has 3 rings (SSSR count). The lowest BCUT2D eigenvalue weighted by molar-refractivity contribution is -0.387. The van der Waals surface area contributed by atoms with Crippen molar-refractivity contribution in [1.82, 2.24) is 20.2 Å². The average Bonchev–Trinajstić information content (AvgIpc) is 3.02. The molecule has 0 amide bonds. The average molecular weight is 374 g/mol. The van der Waals surface area contributed by atoms with E-state index >= 15 is 0 Å². The van der Waals surface area contributed by atoms with Crippen molar-refractivity contribution in [3.63, 3.8) is 0 Å². The first kappa shape index (κ1) is 17.5. The van der Waals surface area contributed by atoms with Crippen molar-refractivity contribution in [2.45, 2.75) is 18.7 Å². The quantitative estimate of drug-likeness (QED) is 0.533. The molecular formula is C15H14N6O4S. The Kier molecular flexibility index (Phi) is 4.38. The highest BCUT2D eigenvalue weighted by Gasteiger charge is 2.25. The SMILES string of the molecule is Cc1ccc(NS(=O)(=O)c2ccccc2[N+](=O)[O-])cc1-n1nnnc1C. The Balaban J connectivity index is 2.02. The third-order valence-corrected chi connectivity index (χ3v) is 5.10. The molecule has 26 heavy (non-hydrogen) atoms. The molecule has 11 heteroatoms. The van der Waals surface area contributed by atoms with Crippen molar-refractivity contribution >= 4 is 21.4 Å². The number of tetrazole rings is 1. The van der Waals surface area contributed by atoms with Crippen molar-refractivity contribution in [3.05, 3.63) is 64.0 Å². The molecule has 0 bridgehead atoms. The third kappa shape index (κ3) is 3.24. The fraction of sp³-hybridized carbons (Fsp3) is 0.133. The summed E-state index contributed by atoms with van der Waals surface area (Å²) in [5.41, 5.74) is 1.16. The van der Waals surface area contributed by atoms with Crippen LogP contribution in [0, 0.1) is 24.0 Å². The van der Waals surface area contributed by atoms with E-state index in [1.54, 1.807) is 25.1 Å². The van der Waals surface area contributed by atoms with E-state index in [0.29, 0.717) is 11.5 Å². The lowest BCUT2D eigenvalue weighted by atomic mass is 10.2. The molecule has 1 heterocycles. The molecule has 1 N–H and O–H groups in total. The summed E-state index contributed by atoms with van der Waals surface area (Å²) in [6.45, 7) is 3.54. The Labute approximate surface area is 148 Å². The smallest absolute Gasteiger partial charge is 0.279 e. The Morgan fingerprint density at radius 3 is 2.54 bits per heavy atom. The Morgan fingerprint density at radius 1 is 1.15 bits per heavy atom. The summed E-state index contributed by atoms with van der Waals surface area (Å²) in [5.74, 6) is 0.534. The molecule has 1 aromatic heterocycles. The second-order valence-electron chi connectivity index (χ2n) is 5.47. The summed E-state index contributed by atoms with van der Waals surface area (Å²) in [5, 5.41) is 22.3. The monoisotopic (exact) mass is 374 g/mol. The van der Waals surface area contributed by atoms with E-state index in [4.69, 9.17) is 0 Å². The van der Waals surface area contributed by atoms with Crippen LogP contribution in [0.4, 0.5) is 11.4 Å². The first-order chi connectivity index (χ1) is 12.3. The largest absolute Gasteiger partial charge is 0.289 e. The lowest BCUT2D eigenvalue weighted by Gasteiger charge is -2.12. The minimum atomic E-state index is -4.15. The van der Waals surface area contributed by atoms with Crippen LogP contribution in [0.15, 0.2) is 47.4 Å². The van der Waals surface area contributed by atoms with Crippen molar-refractivity contribution in [2.24, 2.45) is 0 Å². The molecule has 3 aromatic rings. The van der Waals surface area contributed by atoms with Crippen LogP contribution in [0.1, 0.15) is 11.4 Å². The number of benzene rings is 2. The van der Waals surface area contributed by atoms with Crippen molar-refractivity contribution in [3.8, 4) is 5.69 Å². The van der Waals surface area contributed by atoms with Crippen LogP contribution in [0.2, 0.25) is 0 Å². The number of sulfonamides is 1. The van der Waals surface area contributed by atoms with Crippen LogP contribution in [-0.4, -0.2) is 33.5 Å². The van der Waals surface area contributed by atoms with E-state index < -0.39 is 25.5 Å². The Hall–Kier alpha value is -3.34. The molecule has 0 spiro atoms. The first-order valence-corrected chi connectivity index (χ1v) is 8.90. The lowest BCUT2D eigenvalue weighted by Crippen LogP contribution is -2.15. The second kappa shape index (κ2) is 6.52. The number of nitro groups is 1. The number of hydrogen-bond acceptors (Lipinski definition) is 7. The number of rotatable bonds is 5. The van der Waals surface area contributed by atoms with Gasteiger partial charge in [0.1, 0.15) is 0 Å². The van der Waals surface area contributed by atoms with Crippen LogP contribution in [0.25, 0.3) is 5.69 Å². The van der Waals surface area contributed by atoms with Gasteiger partial charge >= 0.3 is 0 Å². The summed E-state index contributed by atoms with van der Waals surface area (Å²) >= 11 is 0. The Bertz CT molecular complexity index is 1090. The maximum Gasteiger partial charge on any atom is 0.289 e. The number of hydrogen-bond donors (Lipinski definition) is 1. The zero-order valence-corrected chi connectivity index (χ0v) is 14.6. The predicted molar refractivity (Wildman–Crippen MR) is 92.5 cm³/mol. The van der Waals surface area contributed by atoms with Gasteiger partial charge in [0.2, 0.25) is 0 Å². The fourth-order valence-electron chi connectivity index (χ4n) is 2.40. The van der Waals surface area contributed by atoms with E-state index in [1.807, 2.05) is 6.92 Å². The van der Waals surface area contributed by atoms with Gasteiger partial charge in [-0.25, -0.2) is 8.42 Å². The van der Waals surface area contributed by atoms with Crippen LogP contribution in [0.3, 0.4) is 0 Å². The van der Waals surface area contributed by atoms with E-state index in [0.717, 1.165) is 11.6 Å². The van der Waals surface area contributed by atoms with Crippen LogP contribution < -0.4 is 4.72 Å². The molecule has 0 atom stereocenters. The zero-order valence-electron chi connectivity index (χ0n) is 13.8. The zero-order chi connectivity index (χ0) is 18.9. The Morgan fingerprint density at radius 2 is 1.88 bits per heavy atom. The maximum absolute atomic E-state index is 12.6. The molecule has 0 saturated carbocycles. The standard InChI is InChI=1S/C15H14N6O4S/c1-10-7-8-12(9-14(10)20-11(2)16-18-19-20)17-26(24,25)15-6-4-3-5-13(15)21(22)23/h3-9,17H,1-2H3. The molecule has 0 saturated heterocycles. The van der Waals surface area contributed by atoms with Crippen molar-refractivity contribution in [1.29, 1.82) is 0 Å². The second-order valence-corrected chi connectivity index (χ2v) is 7.12. The molecule has 0 aliphatic carbocycles. The van der Waals surface area contributed by atoms with E-state index in [2.05, 4.69) is 20.2 Å². The molecule has 2 aromatic carbocycles. The van der Waals surface area contributed by atoms with Crippen LogP contribution in [-0.2, 0) is 10.0 Å². The van der Waals surface area contributed by atoms with Gasteiger partial charge in [-0.15, -0.1) is 5.10 Å². The maximum atomic E-state index is 12.6. The third-order valence-electron chi connectivity index (χ3n) is 3.67. The van der Waals surface area contributed by atoms with Gasteiger partial charge in [-0.3, -0.25) is 14.8 Å². The molecule has 0 aliphatic heterocycles. The highest BCUT2D eigenvalue weighted by Crippen LogP contribution is 2.26. The molecule has 10 nitrogen and oxygen atoms in total. The number of aromatic nitrogens is 4. The van der Waals surface area contributed by atoms with Crippen molar-refractivity contribution < 1.29 is 13.3 Å². The molecular weight excluding hydrogens is 360 g/mol. The van der Waals surface area contributed by atoms with E-state index in [9.17, 15) is 18.5 Å². The number of anilines is 1. The van der Waals surface area contributed by atoms with Crippen LogP contribution in [0.5, 0.6) is 0 Å². The summed E-state index contributed by atoms with van der Waals surface area (Å²) in [4.78, 5) is 9.95. The van der Waals surface area contributed by atoms with Gasteiger partial charge < -0.3 is 0 Å². The molecule has 0 radical (unpaired) electrons. The van der Waals surface area contributed by atoms with Gasteiger partial charge in [0.05, 0.1) is 16.3 Å².